The predicted molar refractivity (Wildman–Crippen MR) is 122 cm³/mol. The second-order valence-electron chi connectivity index (χ2n) is 8.19. The minimum absolute atomic E-state index is 0.0507. The van der Waals surface area contributed by atoms with Gasteiger partial charge in [-0.1, -0.05) is 24.3 Å². The van der Waals surface area contributed by atoms with E-state index in [-0.39, 0.29) is 5.91 Å². The fourth-order valence-electron chi connectivity index (χ4n) is 4.02. The van der Waals surface area contributed by atoms with Crippen LogP contribution in [0.15, 0.2) is 67.1 Å². The average molecular weight is 432 g/mol. The standard InChI is InChI=1S/C26H29N3O3/c1-31-25-7-6-24(17-28-25)26(30)29-14-10-21(11-15-29)16-20-2-4-22(5-3-20)18-32-19-23-8-12-27-13-9-23/h2-9,12-13,17,21H,10-11,14-16,18-19H2,1H3. The highest BCUT2D eigenvalue weighted by molar-refractivity contribution is 5.94. The number of methoxy groups -OCH3 is 1. The van der Waals surface area contributed by atoms with Gasteiger partial charge >= 0.3 is 0 Å². The van der Waals surface area contributed by atoms with Crippen LogP contribution in [-0.2, 0) is 24.4 Å². The first-order valence-electron chi connectivity index (χ1n) is 11.0. The van der Waals surface area contributed by atoms with Crippen LogP contribution in [-0.4, -0.2) is 41.0 Å². The highest BCUT2D eigenvalue weighted by Gasteiger charge is 2.24. The van der Waals surface area contributed by atoms with Crippen LogP contribution in [0.1, 0.15) is 39.9 Å². The number of amides is 1. The third-order valence-corrected chi connectivity index (χ3v) is 5.93. The van der Waals surface area contributed by atoms with E-state index < -0.39 is 0 Å². The molecule has 6 nitrogen and oxygen atoms in total. The summed E-state index contributed by atoms with van der Waals surface area (Å²) in [6.07, 6.45) is 8.24. The molecule has 1 aliphatic heterocycles. The van der Waals surface area contributed by atoms with Crippen LogP contribution in [0.5, 0.6) is 5.88 Å². The predicted octanol–water partition coefficient (Wildman–Crippen LogP) is 4.30. The van der Waals surface area contributed by atoms with Gasteiger partial charge in [-0.15, -0.1) is 0 Å². The zero-order valence-electron chi connectivity index (χ0n) is 18.4. The number of aromatic nitrogens is 2. The van der Waals surface area contributed by atoms with Crippen LogP contribution in [0, 0.1) is 5.92 Å². The largest absolute Gasteiger partial charge is 0.481 e. The van der Waals surface area contributed by atoms with E-state index in [1.54, 1.807) is 37.8 Å². The Balaban J connectivity index is 1.21. The molecule has 1 saturated heterocycles. The molecular weight excluding hydrogens is 402 g/mol. The zero-order chi connectivity index (χ0) is 22.2. The van der Waals surface area contributed by atoms with Gasteiger partial charge in [0.05, 0.1) is 25.9 Å². The van der Waals surface area contributed by atoms with Crippen molar-refractivity contribution >= 4 is 5.91 Å². The molecule has 4 rings (SSSR count). The smallest absolute Gasteiger partial charge is 0.255 e. The summed E-state index contributed by atoms with van der Waals surface area (Å²) in [6, 6.07) is 16.1. The third-order valence-electron chi connectivity index (χ3n) is 5.93. The number of piperidine rings is 1. The molecule has 0 radical (unpaired) electrons. The van der Waals surface area contributed by atoms with Crippen molar-refractivity contribution in [1.29, 1.82) is 0 Å². The van der Waals surface area contributed by atoms with E-state index in [0.717, 1.165) is 37.9 Å². The molecule has 1 amide bonds. The summed E-state index contributed by atoms with van der Waals surface area (Å²) in [4.78, 5) is 22.8. The van der Waals surface area contributed by atoms with Gasteiger partial charge in [0.15, 0.2) is 0 Å². The fourth-order valence-corrected chi connectivity index (χ4v) is 4.02. The number of ether oxygens (including phenoxy) is 2. The maximum atomic E-state index is 12.7. The topological polar surface area (TPSA) is 64.5 Å². The van der Waals surface area contributed by atoms with Gasteiger partial charge in [-0.05, 0) is 60.1 Å². The summed E-state index contributed by atoms with van der Waals surface area (Å²) in [7, 11) is 1.57. The lowest BCUT2D eigenvalue weighted by Crippen LogP contribution is -2.38. The molecule has 3 aromatic rings. The number of carbonyl (C=O) groups is 1. The molecule has 3 heterocycles. The van der Waals surface area contributed by atoms with Gasteiger partial charge in [0.2, 0.25) is 5.88 Å². The molecule has 0 spiro atoms. The molecule has 1 aromatic carbocycles. The second-order valence-corrected chi connectivity index (χ2v) is 8.19. The van der Waals surface area contributed by atoms with E-state index in [1.165, 1.54) is 11.1 Å². The van der Waals surface area contributed by atoms with Crippen LogP contribution >= 0.6 is 0 Å². The van der Waals surface area contributed by atoms with E-state index in [9.17, 15) is 4.79 Å². The Kier molecular flexibility index (Phi) is 7.46. The van der Waals surface area contributed by atoms with E-state index in [1.807, 2.05) is 17.0 Å². The highest BCUT2D eigenvalue weighted by Crippen LogP contribution is 2.23. The third kappa shape index (κ3) is 5.92. The Morgan fingerprint density at radius 3 is 2.22 bits per heavy atom. The van der Waals surface area contributed by atoms with Crippen molar-refractivity contribution in [3.05, 3.63) is 89.4 Å². The molecule has 32 heavy (non-hydrogen) atoms. The molecule has 0 unspecified atom stereocenters. The minimum atomic E-state index is 0.0507. The number of carbonyl (C=O) groups excluding carboxylic acids is 1. The van der Waals surface area contributed by atoms with Crippen molar-refractivity contribution in [3.63, 3.8) is 0 Å². The van der Waals surface area contributed by atoms with Gasteiger partial charge < -0.3 is 14.4 Å². The van der Waals surface area contributed by atoms with E-state index in [0.29, 0.717) is 30.6 Å². The zero-order valence-corrected chi connectivity index (χ0v) is 18.4. The van der Waals surface area contributed by atoms with Crippen molar-refractivity contribution in [1.82, 2.24) is 14.9 Å². The molecule has 0 saturated carbocycles. The first kappa shape index (κ1) is 22.0. The number of rotatable bonds is 8. The lowest BCUT2D eigenvalue weighted by molar-refractivity contribution is 0.0690. The maximum absolute atomic E-state index is 12.7. The van der Waals surface area contributed by atoms with Gasteiger partial charge in [0, 0.05) is 37.7 Å². The summed E-state index contributed by atoms with van der Waals surface area (Å²) in [5, 5.41) is 0. The Hall–Kier alpha value is -3.25. The number of nitrogens with zero attached hydrogens (tertiary/aromatic N) is 3. The molecule has 0 bridgehead atoms. The van der Waals surface area contributed by atoms with Crippen LogP contribution in [0.3, 0.4) is 0 Å². The summed E-state index contributed by atoms with van der Waals surface area (Å²) >= 11 is 0. The molecule has 166 valence electrons. The SMILES string of the molecule is COc1ccc(C(=O)N2CCC(Cc3ccc(COCc4ccncc4)cc3)CC2)cn1. The van der Waals surface area contributed by atoms with Gasteiger partial charge in [-0.25, -0.2) is 4.98 Å². The molecule has 0 N–H and O–H groups in total. The minimum Gasteiger partial charge on any atom is -0.481 e. The van der Waals surface area contributed by atoms with E-state index in [4.69, 9.17) is 9.47 Å². The number of hydrogen-bond acceptors (Lipinski definition) is 5. The maximum Gasteiger partial charge on any atom is 0.255 e. The van der Waals surface area contributed by atoms with Gasteiger partial charge in [-0.3, -0.25) is 9.78 Å². The molecule has 0 atom stereocenters. The van der Waals surface area contributed by atoms with Gasteiger partial charge in [0.1, 0.15) is 0 Å². The molecule has 0 aliphatic carbocycles. The van der Waals surface area contributed by atoms with Crippen LogP contribution < -0.4 is 4.74 Å². The highest BCUT2D eigenvalue weighted by atomic mass is 16.5. The van der Waals surface area contributed by atoms with Crippen molar-refractivity contribution in [2.45, 2.75) is 32.5 Å². The number of likely N-dealkylation sites (tertiary alicyclic amines) is 1. The number of pyridine rings is 2. The van der Waals surface area contributed by atoms with Crippen molar-refractivity contribution in [2.75, 3.05) is 20.2 Å². The van der Waals surface area contributed by atoms with Crippen LogP contribution in [0.4, 0.5) is 0 Å². The van der Waals surface area contributed by atoms with Crippen LogP contribution in [0.2, 0.25) is 0 Å². The normalized spacial score (nSPS) is 14.3. The Morgan fingerprint density at radius 1 is 0.938 bits per heavy atom. The summed E-state index contributed by atoms with van der Waals surface area (Å²) in [5.74, 6) is 1.17. The first-order valence-corrected chi connectivity index (χ1v) is 11.0. The Morgan fingerprint density at radius 2 is 1.59 bits per heavy atom. The lowest BCUT2D eigenvalue weighted by atomic mass is 9.89. The average Bonchev–Trinajstić information content (AvgIpc) is 2.86. The van der Waals surface area contributed by atoms with Gasteiger partial charge in [0.25, 0.3) is 5.91 Å². The lowest BCUT2D eigenvalue weighted by Gasteiger charge is -2.32. The fraction of sp³-hybridized carbons (Fsp3) is 0.346. The molecule has 1 fully saturated rings. The van der Waals surface area contributed by atoms with Crippen molar-refractivity contribution < 1.29 is 14.3 Å². The van der Waals surface area contributed by atoms with Gasteiger partial charge in [-0.2, -0.15) is 0 Å². The Bertz CT molecular complexity index is 983. The molecule has 2 aromatic heterocycles. The van der Waals surface area contributed by atoms with Crippen molar-refractivity contribution in [3.8, 4) is 5.88 Å². The summed E-state index contributed by atoms with van der Waals surface area (Å²) in [6.45, 7) is 2.77. The molecule has 1 aliphatic rings. The number of hydrogen-bond donors (Lipinski definition) is 0. The molecular formula is C26H29N3O3. The van der Waals surface area contributed by atoms with E-state index in [2.05, 4.69) is 34.2 Å². The van der Waals surface area contributed by atoms with E-state index >= 15 is 0 Å². The monoisotopic (exact) mass is 431 g/mol. The van der Waals surface area contributed by atoms with Crippen molar-refractivity contribution in [2.24, 2.45) is 5.92 Å². The first-order chi connectivity index (χ1) is 15.7. The summed E-state index contributed by atoms with van der Waals surface area (Å²) in [5.41, 5.74) is 4.26. The summed E-state index contributed by atoms with van der Waals surface area (Å²) < 4.78 is 10.9. The van der Waals surface area contributed by atoms with Crippen LogP contribution in [0.25, 0.3) is 0 Å². The Labute approximate surface area is 189 Å². The quantitative estimate of drug-likeness (QED) is 0.532. The number of benzene rings is 1. The molecule has 6 heteroatoms. The second kappa shape index (κ2) is 10.9.